The van der Waals surface area contributed by atoms with E-state index in [1.807, 2.05) is 0 Å². The average molecular weight is 324 g/mol. The van der Waals surface area contributed by atoms with Gasteiger partial charge in [-0.25, -0.2) is 14.4 Å². The number of hydrogen-bond acceptors (Lipinski definition) is 6. The molecular weight excluding hydrogens is 300 g/mol. The van der Waals surface area contributed by atoms with Crippen molar-refractivity contribution in [1.29, 1.82) is 0 Å². The van der Waals surface area contributed by atoms with Crippen LogP contribution in [0.15, 0.2) is 49.1 Å². The van der Waals surface area contributed by atoms with Crippen LogP contribution in [0.2, 0.25) is 0 Å². The van der Waals surface area contributed by atoms with E-state index in [-0.39, 0.29) is 25.8 Å². The normalized spacial score (nSPS) is 8.65. The first-order valence-corrected chi connectivity index (χ1v) is 6.72. The molecule has 0 aromatic rings. The quantitative estimate of drug-likeness (QED) is 0.224. The minimum Gasteiger partial charge on any atom is -0.459 e. The number of esters is 3. The van der Waals surface area contributed by atoms with Gasteiger partial charge in [-0.1, -0.05) is 32.4 Å². The maximum atomic E-state index is 10.8. The second-order valence-corrected chi connectivity index (χ2v) is 4.50. The molecule has 0 aromatic heterocycles. The van der Waals surface area contributed by atoms with Crippen molar-refractivity contribution in [3.05, 3.63) is 49.1 Å². The Bertz CT molecular complexity index is 459. The van der Waals surface area contributed by atoms with Crippen molar-refractivity contribution >= 4 is 17.9 Å². The molecule has 0 unspecified atom stereocenters. The van der Waals surface area contributed by atoms with Crippen LogP contribution in [0.3, 0.4) is 0 Å². The maximum absolute atomic E-state index is 10.8. The van der Waals surface area contributed by atoms with E-state index in [0.29, 0.717) is 16.7 Å². The van der Waals surface area contributed by atoms with E-state index in [9.17, 15) is 14.4 Å². The van der Waals surface area contributed by atoms with Crippen LogP contribution in [-0.2, 0) is 28.6 Å². The van der Waals surface area contributed by atoms with Crippen LogP contribution in [0.4, 0.5) is 0 Å². The van der Waals surface area contributed by atoms with Gasteiger partial charge in [-0.05, 0) is 20.8 Å². The summed E-state index contributed by atoms with van der Waals surface area (Å²) in [6, 6.07) is 0. The predicted octanol–water partition coefficient (Wildman–Crippen LogP) is 2.52. The van der Waals surface area contributed by atoms with Gasteiger partial charge in [-0.2, -0.15) is 0 Å². The van der Waals surface area contributed by atoms with Crippen LogP contribution < -0.4 is 0 Å². The van der Waals surface area contributed by atoms with E-state index in [2.05, 4.69) is 40.5 Å². The molecule has 0 fully saturated rings. The highest BCUT2D eigenvalue weighted by atomic mass is 16.6. The summed E-state index contributed by atoms with van der Waals surface area (Å²) in [6.07, 6.45) is 1.51. The van der Waals surface area contributed by atoms with Gasteiger partial charge in [0.05, 0.1) is 0 Å². The van der Waals surface area contributed by atoms with Gasteiger partial charge in [0.25, 0.3) is 0 Å². The van der Waals surface area contributed by atoms with Gasteiger partial charge < -0.3 is 14.2 Å². The molecule has 6 heteroatoms. The third-order valence-electron chi connectivity index (χ3n) is 1.93. The fraction of sp³-hybridized carbons (Fsp3) is 0.353. The van der Waals surface area contributed by atoms with Crippen molar-refractivity contribution in [2.45, 2.75) is 20.8 Å². The molecule has 0 atom stereocenters. The Kier molecular flexibility index (Phi) is 12.9. The molecule has 6 nitrogen and oxygen atoms in total. The van der Waals surface area contributed by atoms with Crippen LogP contribution in [0.25, 0.3) is 0 Å². The minimum absolute atomic E-state index is 0.0325. The second-order valence-electron chi connectivity index (χ2n) is 4.50. The summed E-state index contributed by atoms with van der Waals surface area (Å²) < 4.78 is 14.0. The molecule has 0 aliphatic rings. The number of carbonyl (C=O) groups is 3. The standard InChI is InChI=1S/C10H14O4.C7H10O2/c1-7(2)9(11)13-5-6-14-10(12)8(3)4;1-4-5-9-7(8)6(2)3/h1,3,5-6H2,2,4H3;4H,1-2,5H2,3H3. The van der Waals surface area contributed by atoms with Crippen molar-refractivity contribution in [3.63, 3.8) is 0 Å². The van der Waals surface area contributed by atoms with Crippen molar-refractivity contribution in [3.8, 4) is 0 Å². The molecule has 0 aromatic carbocycles. The number of ether oxygens (including phenoxy) is 3. The maximum Gasteiger partial charge on any atom is 0.333 e. The molecule has 0 aliphatic heterocycles. The molecule has 0 spiro atoms. The molecule has 0 rings (SSSR count). The Balaban J connectivity index is 0. The molecule has 0 aliphatic carbocycles. The van der Waals surface area contributed by atoms with Crippen molar-refractivity contribution in [2.75, 3.05) is 19.8 Å². The molecule has 0 radical (unpaired) electrons. The van der Waals surface area contributed by atoms with Gasteiger partial charge in [0.1, 0.15) is 19.8 Å². The zero-order valence-electron chi connectivity index (χ0n) is 14.0. The van der Waals surface area contributed by atoms with E-state index in [4.69, 9.17) is 0 Å². The topological polar surface area (TPSA) is 78.9 Å². The highest BCUT2D eigenvalue weighted by Crippen LogP contribution is 1.94. The lowest BCUT2D eigenvalue weighted by Crippen LogP contribution is -2.14. The fourth-order valence-electron chi connectivity index (χ4n) is 0.773. The monoisotopic (exact) mass is 324 g/mol. The van der Waals surface area contributed by atoms with E-state index >= 15 is 0 Å². The van der Waals surface area contributed by atoms with Gasteiger partial charge >= 0.3 is 17.9 Å². The molecule has 0 bridgehead atoms. The zero-order chi connectivity index (χ0) is 18.4. The summed E-state index contributed by atoms with van der Waals surface area (Å²) in [6.45, 7) is 18.6. The van der Waals surface area contributed by atoms with Crippen LogP contribution in [0, 0.1) is 0 Å². The lowest BCUT2D eigenvalue weighted by molar-refractivity contribution is -0.147. The summed E-state index contributed by atoms with van der Waals surface area (Å²) in [5, 5.41) is 0. The third-order valence-corrected chi connectivity index (χ3v) is 1.93. The van der Waals surface area contributed by atoms with E-state index < -0.39 is 11.9 Å². The Hall–Kier alpha value is -2.63. The first-order chi connectivity index (χ1) is 10.6. The van der Waals surface area contributed by atoms with E-state index in [1.54, 1.807) is 20.8 Å². The Morgan fingerprint density at radius 1 is 0.739 bits per heavy atom. The number of hydrogen-bond donors (Lipinski definition) is 0. The highest BCUT2D eigenvalue weighted by molar-refractivity contribution is 5.87. The van der Waals surface area contributed by atoms with Crippen molar-refractivity contribution in [1.82, 2.24) is 0 Å². The van der Waals surface area contributed by atoms with Gasteiger partial charge in [0, 0.05) is 16.7 Å². The average Bonchev–Trinajstić information content (AvgIpc) is 2.48. The lowest BCUT2D eigenvalue weighted by atomic mass is 10.4. The SMILES string of the molecule is C=C(C)C(=O)OCCOC(=O)C(=C)C.C=CCOC(=O)C(=C)C. The second kappa shape index (κ2) is 13.1. The van der Waals surface area contributed by atoms with E-state index in [0.717, 1.165) is 0 Å². The zero-order valence-corrected chi connectivity index (χ0v) is 14.0. The first kappa shape index (κ1) is 22.6. The van der Waals surface area contributed by atoms with Gasteiger partial charge in [-0.15, -0.1) is 0 Å². The Morgan fingerprint density at radius 3 is 1.30 bits per heavy atom. The Labute approximate surface area is 137 Å². The van der Waals surface area contributed by atoms with E-state index in [1.165, 1.54) is 6.08 Å². The molecule has 0 N–H and O–H groups in total. The molecule has 0 heterocycles. The summed E-state index contributed by atoms with van der Waals surface area (Å²) >= 11 is 0. The third kappa shape index (κ3) is 14.1. The van der Waals surface area contributed by atoms with Crippen LogP contribution in [-0.4, -0.2) is 37.7 Å². The van der Waals surface area contributed by atoms with Crippen molar-refractivity contribution in [2.24, 2.45) is 0 Å². The van der Waals surface area contributed by atoms with Crippen LogP contribution in [0.5, 0.6) is 0 Å². The smallest absolute Gasteiger partial charge is 0.333 e. The number of rotatable bonds is 8. The van der Waals surface area contributed by atoms with Gasteiger partial charge in [-0.3, -0.25) is 0 Å². The Morgan fingerprint density at radius 2 is 1.04 bits per heavy atom. The molecule has 128 valence electrons. The minimum atomic E-state index is -0.489. The van der Waals surface area contributed by atoms with Gasteiger partial charge in [0.2, 0.25) is 0 Å². The fourth-order valence-corrected chi connectivity index (χ4v) is 0.773. The summed E-state index contributed by atoms with van der Waals surface area (Å²) in [5.41, 5.74) is 1.05. The summed E-state index contributed by atoms with van der Waals surface area (Å²) in [7, 11) is 0. The van der Waals surface area contributed by atoms with Crippen LogP contribution in [0.1, 0.15) is 20.8 Å². The molecule has 0 amide bonds. The lowest BCUT2D eigenvalue weighted by Gasteiger charge is -2.05. The van der Waals surface area contributed by atoms with Gasteiger partial charge in [0.15, 0.2) is 0 Å². The molecule has 0 saturated carbocycles. The first-order valence-electron chi connectivity index (χ1n) is 6.72. The largest absolute Gasteiger partial charge is 0.459 e. The molecule has 0 saturated heterocycles. The van der Waals surface area contributed by atoms with Crippen molar-refractivity contribution < 1.29 is 28.6 Å². The summed E-state index contributed by atoms with van der Waals surface area (Å²) in [4.78, 5) is 32.2. The highest BCUT2D eigenvalue weighted by Gasteiger charge is 2.05. The molecule has 23 heavy (non-hydrogen) atoms. The van der Waals surface area contributed by atoms with Crippen LogP contribution >= 0.6 is 0 Å². The summed E-state index contributed by atoms with van der Waals surface area (Å²) in [5.74, 6) is -1.34. The number of carbonyl (C=O) groups excluding carboxylic acids is 3. The predicted molar refractivity (Wildman–Crippen MR) is 87.5 cm³/mol. The molecular formula is C17H24O6.